The molecular formula is C75H130N6O52P+. The standard InChI is InChI=1S/C75H129N6O52P/c1-21-41(92)52(103)56(107)71(117-21)113-19-34-61(62(40(66(110)119-34)80-27(7)91)130-72-57(108)53(104)42(93)22(2)118-72)129-69-38(78-25(5)89)50(101)59(32(17-86)124-69)128-73-58(109)63(47(98)33(125-73)18-114-74-64(54(105)45(96)30(15-84)122-74)132-68-37(77-24(4)88)49(100)44(95)29(14-83)121-68)131-75-65(55(106)46(97)31(16-85)123-75)133-70-39(79-26(6)90)51(102)60(35(126-70)20-116-134(111,112)115-12-11-81(8,9)10)127-67-36(76-23(3)87)48(99)43(94)28(13-82)120-67/h21-22,28-75,82-86,92-110H,11-20H2,1-10H3,(H5-,76,77,78,79,80,87,88,89,90,91,111,112)/p+1/t21-,22-,28+,29+,30+,31+,32+,33+,34+,35+,36+,37+,38+,39+,40+,41+,42+,43-,44+,45+,46+,47+,48+,49+,50+,51+,52+,53+,54-,55-,56-,57-,58-,59+,60+,61+,62+,63-,64-,65-,66+,67-,68-,69-,70-,71+,72-,73-,74-,75+/m0/s1. The summed E-state index contributed by atoms with van der Waals surface area (Å²) in [5.41, 5.74) is 0. The number of likely N-dealkylation sites (N-methyl/N-ethyl adjacent to an activating group) is 1. The molecule has 10 aliphatic heterocycles. The minimum atomic E-state index is -5.25. The number of ether oxygens (including phenoxy) is 19. The molecule has 10 aliphatic rings. The molecule has 59 heteroatoms. The lowest BCUT2D eigenvalue weighted by Gasteiger charge is -2.52. The van der Waals surface area contributed by atoms with E-state index >= 15 is 0 Å². The van der Waals surface area contributed by atoms with Crippen LogP contribution in [0.25, 0.3) is 0 Å². The van der Waals surface area contributed by atoms with Gasteiger partial charge >= 0.3 is 7.82 Å². The molecule has 0 saturated carbocycles. The maximum Gasteiger partial charge on any atom is 0.472 e. The smallest absolute Gasteiger partial charge is 0.394 e. The van der Waals surface area contributed by atoms with Crippen molar-refractivity contribution in [3.8, 4) is 0 Å². The summed E-state index contributed by atoms with van der Waals surface area (Å²) in [6.45, 7) is -2.31. The number of quaternary nitrogens is 1. The normalized spacial score (nSPS) is 46.9. The van der Waals surface area contributed by atoms with Gasteiger partial charge in [0.2, 0.25) is 29.5 Å². The van der Waals surface area contributed by atoms with Gasteiger partial charge < -0.3 is 249 Å². The Balaban J connectivity index is 1.04. The van der Waals surface area contributed by atoms with Crippen LogP contribution < -0.4 is 26.6 Å². The van der Waals surface area contributed by atoms with E-state index < -0.39 is 404 Å². The van der Waals surface area contributed by atoms with Crippen LogP contribution in [0.2, 0.25) is 0 Å². The maximum absolute atomic E-state index is 13.7. The fourth-order valence-corrected chi connectivity index (χ4v) is 17.5. The second kappa shape index (κ2) is 48.2. The van der Waals surface area contributed by atoms with Crippen LogP contribution in [0.5, 0.6) is 0 Å². The average Bonchev–Trinajstić information content (AvgIpc) is 0.781. The van der Waals surface area contributed by atoms with Gasteiger partial charge in [-0.15, -0.1) is 0 Å². The number of hydrogen-bond donors (Lipinski definition) is 30. The lowest BCUT2D eigenvalue weighted by molar-refractivity contribution is -0.870. The summed E-state index contributed by atoms with van der Waals surface area (Å²) in [7, 11) is -0.131. The van der Waals surface area contributed by atoms with Gasteiger partial charge in [-0.05, 0) is 13.8 Å². The van der Waals surface area contributed by atoms with Crippen LogP contribution in [-0.2, 0) is 128 Å². The number of phosphoric acid groups is 1. The van der Waals surface area contributed by atoms with Crippen molar-refractivity contribution in [3.05, 3.63) is 0 Å². The molecule has 0 aromatic heterocycles. The van der Waals surface area contributed by atoms with Crippen LogP contribution in [0, 0.1) is 0 Å². The van der Waals surface area contributed by atoms with Crippen LogP contribution in [-0.4, -0.2) is 555 Å². The summed E-state index contributed by atoms with van der Waals surface area (Å²) in [5, 5.41) is 285. The number of amides is 5. The highest BCUT2D eigenvalue weighted by molar-refractivity contribution is 7.47. The molecule has 0 aliphatic carbocycles. The Hall–Kier alpha value is -4.30. The molecular weight excluding hydrogens is 1850 g/mol. The molecule has 0 radical (unpaired) electrons. The first-order valence-corrected chi connectivity index (χ1v) is 44.5. The highest BCUT2D eigenvalue weighted by Crippen LogP contribution is 2.46. The number of carbonyl (C=O) groups is 5. The van der Waals surface area contributed by atoms with E-state index in [2.05, 4.69) is 26.6 Å². The molecule has 5 amide bonds. The molecule has 10 rings (SSSR count). The third-order valence-electron chi connectivity index (χ3n) is 24.0. The number of carbonyl (C=O) groups excluding carboxylic acids is 5. The monoisotopic (exact) mass is 1980 g/mol. The molecule has 776 valence electrons. The van der Waals surface area contributed by atoms with Crippen LogP contribution in [0.1, 0.15) is 48.5 Å². The Morgan fingerprint density at radius 1 is 0.284 bits per heavy atom. The fraction of sp³-hybridized carbons (Fsp3) is 0.933. The second-order valence-corrected chi connectivity index (χ2v) is 36.6. The van der Waals surface area contributed by atoms with E-state index in [4.69, 9.17) is 99.0 Å². The summed E-state index contributed by atoms with van der Waals surface area (Å²) in [4.78, 5) is 76.4. The van der Waals surface area contributed by atoms with Gasteiger partial charge in [0.25, 0.3) is 0 Å². The number of rotatable bonds is 37. The van der Waals surface area contributed by atoms with Gasteiger partial charge in [-0.2, -0.15) is 0 Å². The van der Waals surface area contributed by atoms with E-state index in [1.807, 2.05) is 0 Å². The van der Waals surface area contributed by atoms with Crippen LogP contribution in [0.4, 0.5) is 0 Å². The van der Waals surface area contributed by atoms with Crippen LogP contribution in [0.3, 0.4) is 0 Å². The SMILES string of the molecule is CC(=O)N[C@@H]1[C@@H](O[C@@H]2O[C@@H](C)[C@@H](O)[C@@H](O)[C@@H]2O)[C@H](O[C@@H]2O[C@H](CO)[C@@H](O[C@@H]3O[C@H](CO[C@H]4O[C@H](CO)[C@@H](O)[C@H](O)[C@@H]4O[C@@H]4O[C@H](CO)[C@@H](O)[C@H](O)[C@H]4NC(C)=O)[C@@H](O)[C@H](O[C@H]4O[C@H](CO)[C@@H](O)[C@H](O)[C@@H]4O[C@@H]4O[C@H](COP(=O)(O)OCC[N+](C)(C)C)[C@@H](O[C@@H]5O[C@H](CO)[C@H](O)[C@H](O)[C@H]5NC(C)=O)[C@H](O)[C@H]4NC(C)=O)[C@@H]3O)[C@H](O)[C@H]2NC(C)=O)[C@@H](CO[C@@H]2O[C@@H](C)[C@@H](O)[C@@H](O)[C@@H]2O)O[C@H]1O. The van der Waals surface area contributed by atoms with Gasteiger partial charge in [-0.1, -0.05) is 0 Å². The molecule has 0 spiro atoms. The van der Waals surface area contributed by atoms with Crippen LogP contribution in [0.15, 0.2) is 0 Å². The van der Waals surface area contributed by atoms with Gasteiger partial charge in [0.05, 0.1) is 86.2 Å². The van der Waals surface area contributed by atoms with Crippen molar-refractivity contribution in [2.45, 2.75) is 355 Å². The number of nitrogens with zero attached hydrogens (tertiary/aromatic N) is 1. The first kappa shape index (κ1) is 112. The van der Waals surface area contributed by atoms with Crippen molar-refractivity contribution >= 4 is 37.4 Å². The summed E-state index contributed by atoms with van der Waals surface area (Å²) in [6.07, 6.45) is -95.1. The van der Waals surface area contributed by atoms with Crippen molar-refractivity contribution < 1.29 is 260 Å². The molecule has 51 atom stereocenters. The van der Waals surface area contributed by atoms with Gasteiger partial charge in [-0.3, -0.25) is 33.0 Å². The van der Waals surface area contributed by atoms with Gasteiger partial charge in [0.1, 0.15) is 245 Å². The highest BCUT2D eigenvalue weighted by atomic mass is 31.2. The number of aliphatic hydroxyl groups is 24. The van der Waals surface area contributed by atoms with Crippen molar-refractivity contribution in [2.75, 3.05) is 87.1 Å². The third-order valence-corrected chi connectivity index (χ3v) is 25.0. The minimum Gasteiger partial charge on any atom is -0.394 e. The zero-order chi connectivity index (χ0) is 99.2. The molecule has 10 saturated heterocycles. The van der Waals surface area contributed by atoms with Gasteiger partial charge in [-0.25, -0.2) is 4.57 Å². The first-order chi connectivity index (χ1) is 62.9. The Kier molecular flexibility index (Phi) is 40.2. The zero-order valence-electron chi connectivity index (χ0n) is 74.0. The highest BCUT2D eigenvalue weighted by Gasteiger charge is 2.62. The lowest BCUT2D eigenvalue weighted by Crippen LogP contribution is -2.71. The number of nitrogens with one attached hydrogen (secondary N) is 5. The molecule has 0 aromatic carbocycles. The number of hydrogen-bond acceptors (Lipinski definition) is 51. The fourth-order valence-electron chi connectivity index (χ4n) is 16.7. The Morgan fingerprint density at radius 3 is 1.06 bits per heavy atom. The molecule has 10 heterocycles. The summed E-state index contributed by atoms with van der Waals surface area (Å²) in [6, 6.07) is -9.72. The van der Waals surface area contributed by atoms with E-state index in [1.54, 1.807) is 21.1 Å². The Bertz CT molecular complexity index is 3780. The summed E-state index contributed by atoms with van der Waals surface area (Å²) >= 11 is 0. The molecule has 1 unspecified atom stereocenters. The van der Waals surface area contributed by atoms with Crippen molar-refractivity contribution in [3.63, 3.8) is 0 Å². The molecule has 0 aromatic rings. The first-order valence-electron chi connectivity index (χ1n) is 43.0. The Labute approximate surface area is 763 Å². The zero-order valence-corrected chi connectivity index (χ0v) is 74.9. The van der Waals surface area contributed by atoms with E-state index in [9.17, 15) is 156 Å². The quantitative estimate of drug-likeness (QED) is 0.0203. The maximum atomic E-state index is 13.7. The van der Waals surface area contributed by atoms with E-state index in [1.165, 1.54) is 13.8 Å². The van der Waals surface area contributed by atoms with E-state index in [0.717, 1.165) is 34.6 Å². The summed E-state index contributed by atoms with van der Waals surface area (Å²) < 4.78 is 140. The van der Waals surface area contributed by atoms with Crippen molar-refractivity contribution in [1.29, 1.82) is 0 Å². The lowest BCUT2D eigenvalue weighted by atomic mass is 9.93. The van der Waals surface area contributed by atoms with E-state index in [-0.39, 0.29) is 11.0 Å². The van der Waals surface area contributed by atoms with Crippen molar-refractivity contribution in [1.82, 2.24) is 26.6 Å². The molecule has 10 fully saturated rings. The largest absolute Gasteiger partial charge is 0.472 e. The van der Waals surface area contributed by atoms with Gasteiger partial charge in [0, 0.05) is 34.6 Å². The molecule has 134 heavy (non-hydrogen) atoms. The van der Waals surface area contributed by atoms with Crippen molar-refractivity contribution in [2.24, 2.45) is 0 Å². The van der Waals surface area contributed by atoms with Gasteiger partial charge in [0.15, 0.2) is 62.9 Å². The second-order valence-electron chi connectivity index (χ2n) is 35.1. The van der Waals surface area contributed by atoms with Crippen LogP contribution >= 0.6 is 7.82 Å². The third kappa shape index (κ3) is 26.6. The average molecular weight is 1980 g/mol. The topological polar surface area (TPSA) is 862 Å². The Morgan fingerprint density at radius 2 is 0.604 bits per heavy atom. The number of aliphatic hydroxyl groups excluding tert-OH is 24. The number of phosphoric ester groups is 1. The predicted octanol–water partition coefficient (Wildman–Crippen LogP) is -19.2. The molecule has 0 bridgehead atoms. The molecule has 30 N–H and O–H groups in total. The van der Waals surface area contributed by atoms with E-state index in [0.29, 0.717) is 0 Å². The summed E-state index contributed by atoms with van der Waals surface area (Å²) in [5.74, 6) is -4.76. The molecule has 58 nitrogen and oxygen atoms in total. The minimum absolute atomic E-state index is 0.0935. The predicted molar refractivity (Wildman–Crippen MR) is 422 cm³/mol.